The Labute approximate surface area is 308 Å². The summed E-state index contributed by atoms with van der Waals surface area (Å²) in [6.45, 7) is 12.4. The van der Waals surface area contributed by atoms with Crippen LogP contribution < -0.4 is 22.9 Å². The van der Waals surface area contributed by atoms with E-state index in [-0.39, 0.29) is 0 Å². The van der Waals surface area contributed by atoms with E-state index in [9.17, 15) is 9.13 Å². The van der Waals surface area contributed by atoms with Gasteiger partial charge in [-0.25, -0.2) is 0 Å². The minimum Gasteiger partial charge on any atom is -0.329 e. The van der Waals surface area contributed by atoms with Crippen LogP contribution in [0.25, 0.3) is 0 Å². The molecule has 0 aromatic rings. The first kappa shape index (κ1) is 50.1. The van der Waals surface area contributed by atoms with Crippen LogP contribution in [-0.2, 0) is 27.2 Å². The third-order valence-electron chi connectivity index (χ3n) is 8.85. The predicted octanol–water partition coefficient (Wildman–Crippen LogP) is 6.94. The molecular weight excluding hydrogens is 674 g/mol. The molecule has 0 radical (unpaired) electrons. The Balaban J connectivity index is 4.59. The Morgan fingerprint density at radius 3 is 0.860 bits per heavy atom. The zero-order valence-electron chi connectivity index (χ0n) is 32.6. The minimum absolute atomic E-state index is 0.355. The molecule has 0 saturated carbocycles. The molecule has 12 nitrogen and oxygen atoms in total. The van der Waals surface area contributed by atoms with Gasteiger partial charge in [-0.15, -0.1) is 0 Å². The fourth-order valence-corrected chi connectivity index (χ4v) is 9.10. The highest BCUT2D eigenvalue weighted by Gasteiger charge is 2.26. The maximum absolute atomic E-state index is 13.6. The van der Waals surface area contributed by atoms with E-state index in [1.165, 1.54) is 51.4 Å². The van der Waals surface area contributed by atoms with Crippen LogP contribution in [0, 0.1) is 0 Å². The summed E-state index contributed by atoms with van der Waals surface area (Å²) in [7, 11) is -6.40. The van der Waals surface area contributed by atoms with Crippen LogP contribution in [-0.4, -0.2) is 114 Å². The van der Waals surface area contributed by atoms with E-state index >= 15 is 0 Å². The lowest BCUT2D eigenvalue weighted by Gasteiger charge is -2.24. The molecule has 0 aliphatic rings. The molecule has 8 N–H and O–H groups in total. The summed E-state index contributed by atoms with van der Waals surface area (Å²) in [6, 6.07) is 0. The summed E-state index contributed by atoms with van der Waals surface area (Å²) in [5.74, 6) is 0. The van der Waals surface area contributed by atoms with Crippen molar-refractivity contribution in [1.82, 2.24) is 9.80 Å². The zero-order valence-corrected chi connectivity index (χ0v) is 34.4. The van der Waals surface area contributed by atoms with Gasteiger partial charge < -0.3 is 50.8 Å². The molecule has 0 aliphatic heterocycles. The quantitative estimate of drug-likeness (QED) is 0.0373. The molecule has 0 bridgehead atoms. The lowest BCUT2D eigenvalue weighted by molar-refractivity contribution is 0.190. The van der Waals surface area contributed by atoms with E-state index < -0.39 is 15.2 Å². The van der Waals surface area contributed by atoms with Crippen molar-refractivity contribution in [2.24, 2.45) is 22.9 Å². The summed E-state index contributed by atoms with van der Waals surface area (Å²) >= 11 is 0. The fourth-order valence-electron chi connectivity index (χ4n) is 5.75. The zero-order chi connectivity index (χ0) is 37.0. The second-order valence-corrected chi connectivity index (χ2v) is 17.9. The topological polar surface area (TPSA) is 182 Å². The van der Waals surface area contributed by atoms with E-state index in [0.717, 1.165) is 64.2 Å². The Morgan fingerprint density at radius 1 is 0.380 bits per heavy atom. The van der Waals surface area contributed by atoms with Crippen LogP contribution in [0.15, 0.2) is 0 Å². The van der Waals surface area contributed by atoms with Gasteiger partial charge in [0.2, 0.25) is 0 Å². The van der Waals surface area contributed by atoms with Gasteiger partial charge in [-0.05, 0) is 25.7 Å². The van der Waals surface area contributed by atoms with E-state index in [0.29, 0.717) is 104 Å². The molecule has 0 rings (SSSR count). The van der Waals surface area contributed by atoms with Gasteiger partial charge in [-0.2, -0.15) is 0 Å². The molecule has 0 fully saturated rings. The highest BCUT2D eigenvalue weighted by Crippen LogP contribution is 2.49. The molecule has 0 spiro atoms. The molecule has 14 heteroatoms. The van der Waals surface area contributed by atoms with Crippen LogP contribution in [0.4, 0.5) is 0 Å². The SMILES string of the molecule is CCCCCCCCOP(=O)(CCN(CCN)CCN)OCCCCCCCCOP(=O)(CCN(CCN)CCN)OCCCCCCCC. The first-order valence-electron chi connectivity index (χ1n) is 20.3. The molecule has 0 saturated heterocycles. The number of nitrogens with zero attached hydrogens (tertiary/aromatic N) is 2. The summed E-state index contributed by atoms with van der Waals surface area (Å²) < 4.78 is 51.1. The van der Waals surface area contributed by atoms with E-state index in [1.54, 1.807) is 0 Å². The van der Waals surface area contributed by atoms with Crippen molar-refractivity contribution < 1.29 is 27.2 Å². The van der Waals surface area contributed by atoms with Gasteiger partial charge in [0.25, 0.3) is 0 Å². The molecule has 2 unspecified atom stereocenters. The average Bonchev–Trinajstić information content (AvgIpc) is 3.10. The number of hydrogen-bond donors (Lipinski definition) is 4. The summed E-state index contributed by atoms with van der Waals surface area (Å²) in [5, 5.41) is 0. The van der Waals surface area contributed by atoms with Gasteiger partial charge in [0.05, 0.1) is 38.8 Å². The summed E-state index contributed by atoms with van der Waals surface area (Å²) in [4.78, 5) is 4.26. The standard InChI is InChI=1S/C36H82N6O6P2/c1-3-5-7-9-13-17-31-45-49(43,35-29-41(25-21-37)26-22-38)47-33-19-15-11-12-16-20-34-48-50(44,36-30-42(27-23-39)28-24-40)46-32-18-14-10-8-6-4-2/h3-40H2,1-2H3. The lowest BCUT2D eigenvalue weighted by atomic mass is 10.1. The maximum atomic E-state index is 13.6. The monoisotopic (exact) mass is 757 g/mol. The lowest BCUT2D eigenvalue weighted by Crippen LogP contribution is -2.36. The van der Waals surface area contributed by atoms with Gasteiger partial charge >= 0.3 is 15.2 Å². The molecule has 2 atom stereocenters. The van der Waals surface area contributed by atoms with E-state index in [4.69, 9.17) is 41.0 Å². The van der Waals surface area contributed by atoms with Gasteiger partial charge in [-0.1, -0.05) is 104 Å². The summed E-state index contributed by atoms with van der Waals surface area (Å²) in [6.07, 6.45) is 20.2. The number of rotatable bonds is 41. The molecular formula is C36H82N6O6P2. The Bertz CT molecular complexity index is 743. The van der Waals surface area contributed by atoms with Crippen molar-refractivity contribution in [3.05, 3.63) is 0 Å². The predicted molar refractivity (Wildman–Crippen MR) is 212 cm³/mol. The van der Waals surface area contributed by atoms with Gasteiger partial charge in [0, 0.05) is 65.4 Å². The largest absolute Gasteiger partial charge is 0.331 e. The molecule has 0 heterocycles. The highest BCUT2D eigenvalue weighted by molar-refractivity contribution is 7.54. The number of hydrogen-bond acceptors (Lipinski definition) is 12. The Hall–Kier alpha value is 0.0600. The van der Waals surface area contributed by atoms with Crippen LogP contribution in [0.5, 0.6) is 0 Å². The second kappa shape index (κ2) is 36.1. The van der Waals surface area contributed by atoms with Crippen molar-refractivity contribution in [3.8, 4) is 0 Å². The average molecular weight is 757 g/mol. The molecule has 0 aromatic carbocycles. The third-order valence-corrected chi connectivity index (χ3v) is 12.6. The maximum Gasteiger partial charge on any atom is 0.331 e. The van der Waals surface area contributed by atoms with E-state index in [1.807, 2.05) is 0 Å². The Kier molecular flexibility index (Phi) is 36.1. The highest BCUT2D eigenvalue weighted by atomic mass is 31.2. The van der Waals surface area contributed by atoms with Crippen molar-refractivity contribution >= 4 is 15.2 Å². The smallest absolute Gasteiger partial charge is 0.329 e. The first-order chi connectivity index (χ1) is 24.3. The third kappa shape index (κ3) is 30.5. The van der Waals surface area contributed by atoms with Crippen LogP contribution in [0.1, 0.15) is 129 Å². The molecule has 50 heavy (non-hydrogen) atoms. The van der Waals surface area contributed by atoms with Crippen molar-refractivity contribution in [3.63, 3.8) is 0 Å². The first-order valence-corrected chi connectivity index (χ1v) is 23.8. The fraction of sp³-hybridized carbons (Fsp3) is 1.00. The van der Waals surface area contributed by atoms with Crippen molar-refractivity contribution in [1.29, 1.82) is 0 Å². The van der Waals surface area contributed by atoms with Crippen LogP contribution in [0.3, 0.4) is 0 Å². The van der Waals surface area contributed by atoms with Crippen molar-refractivity contribution in [2.75, 3.05) is 104 Å². The van der Waals surface area contributed by atoms with E-state index in [2.05, 4.69) is 23.6 Å². The van der Waals surface area contributed by atoms with Gasteiger partial charge in [-0.3, -0.25) is 9.13 Å². The minimum atomic E-state index is -3.20. The normalized spacial score (nSPS) is 14.5. The number of unbranched alkanes of at least 4 members (excludes halogenated alkanes) is 15. The van der Waals surface area contributed by atoms with Crippen LogP contribution >= 0.6 is 15.2 Å². The van der Waals surface area contributed by atoms with Gasteiger partial charge in [0.15, 0.2) is 0 Å². The van der Waals surface area contributed by atoms with Gasteiger partial charge in [0.1, 0.15) is 0 Å². The molecule has 302 valence electrons. The Morgan fingerprint density at radius 2 is 0.620 bits per heavy atom. The van der Waals surface area contributed by atoms with Crippen LogP contribution in [0.2, 0.25) is 0 Å². The second-order valence-electron chi connectivity index (χ2n) is 13.5. The molecule has 0 amide bonds. The summed E-state index contributed by atoms with van der Waals surface area (Å²) in [5.41, 5.74) is 23.0. The number of nitrogens with two attached hydrogens (primary N) is 4. The molecule has 0 aromatic heterocycles. The molecule has 0 aliphatic carbocycles. The van der Waals surface area contributed by atoms with Crippen molar-refractivity contribution in [2.45, 2.75) is 129 Å².